The van der Waals surface area contributed by atoms with E-state index in [2.05, 4.69) is 26.1 Å². The number of halogens is 1. The van der Waals surface area contributed by atoms with Gasteiger partial charge < -0.3 is 4.90 Å². The highest BCUT2D eigenvalue weighted by Crippen LogP contribution is 2.27. The van der Waals surface area contributed by atoms with E-state index in [0.717, 1.165) is 30.5 Å². The first-order chi connectivity index (χ1) is 13.4. The summed E-state index contributed by atoms with van der Waals surface area (Å²) in [4.78, 5) is 14.7. The summed E-state index contributed by atoms with van der Waals surface area (Å²) in [7, 11) is -3.55. The van der Waals surface area contributed by atoms with Crippen LogP contribution in [0.4, 0.5) is 0 Å². The van der Waals surface area contributed by atoms with Gasteiger partial charge in [-0.25, -0.2) is 8.42 Å². The van der Waals surface area contributed by atoms with E-state index in [1.165, 1.54) is 16.3 Å². The molecule has 0 spiro atoms. The van der Waals surface area contributed by atoms with E-state index in [4.69, 9.17) is 0 Å². The van der Waals surface area contributed by atoms with Gasteiger partial charge in [-0.3, -0.25) is 9.89 Å². The van der Waals surface area contributed by atoms with Crippen molar-refractivity contribution in [2.75, 3.05) is 26.2 Å². The summed E-state index contributed by atoms with van der Waals surface area (Å²) >= 11 is 3.37. The predicted molar refractivity (Wildman–Crippen MR) is 109 cm³/mol. The number of amides is 1. The second-order valence-corrected chi connectivity index (χ2v) is 10.1. The molecule has 0 unspecified atom stereocenters. The van der Waals surface area contributed by atoms with Gasteiger partial charge in [-0.05, 0) is 71.8 Å². The zero-order valence-corrected chi connectivity index (χ0v) is 18.1. The Morgan fingerprint density at radius 3 is 2.43 bits per heavy atom. The predicted octanol–water partition coefficient (Wildman–Crippen LogP) is 2.51. The molecule has 0 atom stereocenters. The average Bonchev–Trinajstić information content (AvgIpc) is 3.05. The normalized spacial score (nSPS) is 18.1. The van der Waals surface area contributed by atoms with Gasteiger partial charge in [0, 0.05) is 31.9 Å². The number of H-pyrrole nitrogens is 1. The topological polar surface area (TPSA) is 86.4 Å². The van der Waals surface area contributed by atoms with E-state index in [-0.39, 0.29) is 19.0 Å². The molecule has 1 saturated heterocycles. The first kappa shape index (κ1) is 19.6. The summed E-state index contributed by atoms with van der Waals surface area (Å²) in [6.07, 6.45) is 4.25. The fraction of sp³-hybridized carbons (Fsp3) is 0.474. The van der Waals surface area contributed by atoms with Crippen LogP contribution in [0.1, 0.15) is 40.2 Å². The summed E-state index contributed by atoms with van der Waals surface area (Å²) in [6, 6.07) is 5.52. The Bertz CT molecular complexity index is 1010. The Labute approximate surface area is 173 Å². The van der Waals surface area contributed by atoms with Gasteiger partial charge >= 0.3 is 0 Å². The summed E-state index contributed by atoms with van der Waals surface area (Å²) in [5, 5.41) is 6.84. The Morgan fingerprint density at radius 1 is 1.11 bits per heavy atom. The number of rotatable bonds is 3. The molecule has 150 valence electrons. The molecule has 0 radical (unpaired) electrons. The highest BCUT2D eigenvalue weighted by Gasteiger charge is 2.32. The number of fused-ring (bicyclic) bond motifs is 1. The smallest absolute Gasteiger partial charge is 0.275 e. The lowest BCUT2D eigenvalue weighted by atomic mass is 9.92. The second kappa shape index (κ2) is 7.61. The number of aromatic nitrogens is 2. The van der Waals surface area contributed by atoms with E-state index in [1.54, 1.807) is 11.0 Å². The SMILES string of the molecule is Cc1[nH]nc(C(=O)N2CCN(S(=O)(=O)c3ccc4c(c3)CCCC4)CC2)c1Br. The van der Waals surface area contributed by atoms with Crippen LogP contribution in [-0.2, 0) is 22.9 Å². The summed E-state index contributed by atoms with van der Waals surface area (Å²) in [5.41, 5.74) is 3.54. The maximum Gasteiger partial charge on any atom is 0.275 e. The number of piperazine rings is 1. The third-order valence-corrected chi connectivity index (χ3v) is 8.42. The number of carbonyl (C=O) groups excluding carboxylic acids is 1. The molecule has 1 N–H and O–H groups in total. The third-order valence-electron chi connectivity index (χ3n) is 5.56. The molecule has 1 aromatic heterocycles. The summed E-state index contributed by atoms with van der Waals surface area (Å²) in [5.74, 6) is -0.193. The number of nitrogens with zero attached hydrogens (tertiary/aromatic N) is 3. The average molecular weight is 467 g/mol. The van der Waals surface area contributed by atoms with E-state index < -0.39 is 10.0 Å². The minimum absolute atomic E-state index is 0.193. The van der Waals surface area contributed by atoms with Crippen LogP contribution in [0, 0.1) is 6.92 Å². The van der Waals surface area contributed by atoms with Crippen molar-refractivity contribution in [3.63, 3.8) is 0 Å². The van der Waals surface area contributed by atoms with Gasteiger partial charge in [-0.2, -0.15) is 9.40 Å². The number of hydrogen-bond donors (Lipinski definition) is 1. The van der Waals surface area contributed by atoms with Crippen molar-refractivity contribution >= 4 is 31.9 Å². The van der Waals surface area contributed by atoms with E-state index >= 15 is 0 Å². The molecule has 0 bridgehead atoms. The number of carbonyl (C=O) groups is 1. The maximum absolute atomic E-state index is 13.1. The molecule has 4 rings (SSSR count). The van der Waals surface area contributed by atoms with Crippen molar-refractivity contribution in [3.05, 3.63) is 45.2 Å². The van der Waals surface area contributed by atoms with Gasteiger partial charge in [0.05, 0.1) is 9.37 Å². The van der Waals surface area contributed by atoms with Crippen molar-refractivity contribution in [1.82, 2.24) is 19.4 Å². The van der Waals surface area contributed by atoms with Gasteiger partial charge in [-0.15, -0.1) is 0 Å². The third kappa shape index (κ3) is 3.51. The fourth-order valence-electron chi connectivity index (χ4n) is 3.86. The van der Waals surface area contributed by atoms with Gasteiger partial charge in [0.2, 0.25) is 10.0 Å². The van der Waals surface area contributed by atoms with Crippen molar-refractivity contribution in [3.8, 4) is 0 Å². The molecule has 1 aliphatic heterocycles. The lowest BCUT2D eigenvalue weighted by Crippen LogP contribution is -2.50. The van der Waals surface area contributed by atoms with E-state index in [9.17, 15) is 13.2 Å². The molecule has 2 aliphatic rings. The van der Waals surface area contributed by atoms with Crippen LogP contribution in [0.25, 0.3) is 0 Å². The summed E-state index contributed by atoms with van der Waals surface area (Å²) < 4.78 is 28.3. The largest absolute Gasteiger partial charge is 0.335 e. The standard InChI is InChI=1S/C19H23BrN4O3S/c1-13-17(20)18(22-21-13)19(25)23-8-10-24(11-9-23)28(26,27)16-7-6-14-4-2-3-5-15(14)12-16/h6-7,12H,2-5,8-11H2,1H3,(H,21,22). The van der Waals surface area contributed by atoms with Crippen molar-refractivity contribution in [2.45, 2.75) is 37.5 Å². The number of aryl methyl sites for hydroxylation is 3. The number of hydrogen-bond acceptors (Lipinski definition) is 4. The molecule has 1 aliphatic carbocycles. The van der Waals surface area contributed by atoms with Gasteiger partial charge in [0.1, 0.15) is 0 Å². The number of benzene rings is 1. The quantitative estimate of drug-likeness (QED) is 0.752. The van der Waals surface area contributed by atoms with Crippen LogP contribution in [0.5, 0.6) is 0 Å². The van der Waals surface area contributed by atoms with Crippen molar-refractivity contribution in [1.29, 1.82) is 0 Å². The maximum atomic E-state index is 13.1. The molecular formula is C19H23BrN4O3S. The number of sulfonamides is 1. The van der Waals surface area contributed by atoms with Gasteiger partial charge in [0.15, 0.2) is 5.69 Å². The first-order valence-corrected chi connectivity index (χ1v) is 11.7. The molecule has 9 heteroatoms. The molecule has 2 aromatic rings. The molecule has 0 saturated carbocycles. The zero-order valence-electron chi connectivity index (χ0n) is 15.7. The Morgan fingerprint density at radius 2 is 1.79 bits per heavy atom. The molecule has 7 nitrogen and oxygen atoms in total. The molecule has 1 fully saturated rings. The minimum Gasteiger partial charge on any atom is -0.335 e. The Balaban J connectivity index is 1.47. The minimum atomic E-state index is -3.55. The Hall–Kier alpha value is -1.71. The van der Waals surface area contributed by atoms with Gasteiger partial charge in [0.25, 0.3) is 5.91 Å². The van der Waals surface area contributed by atoms with Crippen LogP contribution in [0.2, 0.25) is 0 Å². The Kier molecular flexibility index (Phi) is 5.32. The first-order valence-electron chi connectivity index (χ1n) is 9.49. The number of aromatic amines is 1. The molecule has 28 heavy (non-hydrogen) atoms. The molecule has 1 amide bonds. The van der Waals surface area contributed by atoms with Crippen molar-refractivity contribution in [2.24, 2.45) is 0 Å². The van der Waals surface area contributed by atoms with Gasteiger partial charge in [-0.1, -0.05) is 6.07 Å². The monoisotopic (exact) mass is 466 g/mol. The molecule has 1 aromatic carbocycles. The highest BCUT2D eigenvalue weighted by molar-refractivity contribution is 9.10. The van der Waals surface area contributed by atoms with E-state index in [0.29, 0.717) is 28.2 Å². The van der Waals surface area contributed by atoms with Crippen LogP contribution in [0.15, 0.2) is 27.6 Å². The van der Waals surface area contributed by atoms with Crippen molar-refractivity contribution < 1.29 is 13.2 Å². The highest BCUT2D eigenvalue weighted by atomic mass is 79.9. The fourth-order valence-corrected chi connectivity index (χ4v) is 5.68. The second-order valence-electron chi connectivity index (χ2n) is 7.35. The lowest BCUT2D eigenvalue weighted by Gasteiger charge is -2.34. The lowest BCUT2D eigenvalue weighted by molar-refractivity contribution is 0.0691. The van der Waals surface area contributed by atoms with Crippen LogP contribution < -0.4 is 0 Å². The van der Waals surface area contributed by atoms with Crippen LogP contribution in [-0.4, -0.2) is 59.9 Å². The molecular weight excluding hydrogens is 444 g/mol. The van der Waals surface area contributed by atoms with Crippen LogP contribution >= 0.6 is 15.9 Å². The number of nitrogens with one attached hydrogen (secondary N) is 1. The van der Waals surface area contributed by atoms with Crippen LogP contribution in [0.3, 0.4) is 0 Å². The summed E-state index contributed by atoms with van der Waals surface area (Å²) in [6.45, 7) is 3.10. The van der Waals surface area contributed by atoms with E-state index in [1.807, 2.05) is 19.1 Å². The zero-order chi connectivity index (χ0) is 19.9. The molecule has 2 heterocycles.